The highest BCUT2D eigenvalue weighted by molar-refractivity contribution is 5.67. The molecule has 0 aliphatic heterocycles. The predicted octanol–water partition coefficient (Wildman–Crippen LogP) is 4.30. The van der Waals surface area contributed by atoms with Crippen molar-refractivity contribution in [2.75, 3.05) is 0 Å². The third-order valence-electron chi connectivity index (χ3n) is 2.97. The first-order valence-electron chi connectivity index (χ1n) is 5.29. The topological polar surface area (TPSA) is 0 Å². The van der Waals surface area contributed by atoms with Crippen LogP contribution in [-0.4, -0.2) is 0 Å². The van der Waals surface area contributed by atoms with Gasteiger partial charge < -0.3 is 0 Å². The van der Waals surface area contributed by atoms with Crippen molar-refractivity contribution in [2.45, 2.75) is 26.4 Å². The molecule has 0 saturated heterocycles. The van der Waals surface area contributed by atoms with E-state index >= 15 is 0 Å². The molecule has 0 aromatic heterocycles. The Kier molecular flexibility index (Phi) is 2.56. The molecule has 0 spiro atoms. The molecule has 0 fully saturated rings. The molecule has 0 bridgehead atoms. The van der Waals surface area contributed by atoms with E-state index in [0.717, 1.165) is 17.2 Å². The van der Waals surface area contributed by atoms with Crippen molar-refractivity contribution in [3.63, 3.8) is 0 Å². The van der Waals surface area contributed by atoms with Crippen LogP contribution < -0.4 is 0 Å². The van der Waals surface area contributed by atoms with Gasteiger partial charge in [0.1, 0.15) is 0 Å². The summed E-state index contributed by atoms with van der Waals surface area (Å²) in [6.07, 6.45) is -1.91. The van der Waals surface area contributed by atoms with Crippen LogP contribution in [0.2, 0.25) is 0 Å². The molecule has 0 nitrogen and oxygen atoms in total. The molecule has 1 aliphatic rings. The van der Waals surface area contributed by atoms with E-state index < -0.39 is 11.7 Å². The summed E-state index contributed by atoms with van der Waals surface area (Å²) in [5.74, 6) is 0.300. The molecule has 3 heteroatoms. The van der Waals surface area contributed by atoms with Crippen LogP contribution >= 0.6 is 0 Å². The Labute approximate surface area is 92.8 Å². The van der Waals surface area contributed by atoms with Crippen LogP contribution in [0.3, 0.4) is 0 Å². The number of allylic oxidation sites excluding steroid dienone is 1. The summed E-state index contributed by atoms with van der Waals surface area (Å²) in [4.78, 5) is 0. The molecule has 0 amide bonds. The van der Waals surface area contributed by atoms with Gasteiger partial charge >= 0.3 is 6.18 Å². The molecule has 1 aromatic rings. The Morgan fingerprint density at radius 2 is 1.88 bits per heavy atom. The average molecular weight is 226 g/mol. The third kappa shape index (κ3) is 1.86. The van der Waals surface area contributed by atoms with Crippen LogP contribution in [-0.2, 0) is 12.6 Å². The fraction of sp³-hybridized carbons (Fsp3) is 0.385. The third-order valence-corrected chi connectivity index (χ3v) is 2.97. The molecule has 0 unspecified atom stereocenters. The van der Waals surface area contributed by atoms with Crippen LogP contribution in [0.4, 0.5) is 13.2 Å². The van der Waals surface area contributed by atoms with Gasteiger partial charge in [-0.05, 0) is 29.5 Å². The summed E-state index contributed by atoms with van der Waals surface area (Å²) >= 11 is 0. The molecule has 0 radical (unpaired) electrons. The number of rotatable bonds is 1. The summed E-state index contributed by atoms with van der Waals surface area (Å²) in [6.45, 7) is 4.01. The van der Waals surface area contributed by atoms with E-state index in [1.165, 1.54) is 6.07 Å². The van der Waals surface area contributed by atoms with Crippen LogP contribution in [0.5, 0.6) is 0 Å². The monoisotopic (exact) mass is 226 g/mol. The lowest BCUT2D eigenvalue weighted by molar-refractivity contribution is -0.137. The molecule has 0 heterocycles. The highest BCUT2D eigenvalue weighted by atomic mass is 19.4. The molecule has 16 heavy (non-hydrogen) atoms. The second-order valence-corrected chi connectivity index (χ2v) is 4.43. The lowest BCUT2D eigenvalue weighted by Crippen LogP contribution is -2.07. The van der Waals surface area contributed by atoms with Gasteiger partial charge in [-0.15, -0.1) is 0 Å². The largest absolute Gasteiger partial charge is 0.416 e. The molecule has 0 saturated carbocycles. The van der Waals surface area contributed by atoms with Gasteiger partial charge in [0.15, 0.2) is 0 Å². The zero-order valence-corrected chi connectivity index (χ0v) is 9.23. The second-order valence-electron chi connectivity index (χ2n) is 4.43. The molecule has 86 valence electrons. The van der Waals surface area contributed by atoms with Crippen molar-refractivity contribution in [1.82, 2.24) is 0 Å². The van der Waals surface area contributed by atoms with E-state index in [9.17, 15) is 13.2 Å². The molecule has 1 aromatic carbocycles. The van der Waals surface area contributed by atoms with Crippen molar-refractivity contribution in [1.29, 1.82) is 0 Å². The number of halogens is 3. The standard InChI is InChI=1S/C13H13F3/c1-8(2)10-6-9-4-3-5-12(11(9)7-10)13(14,15)16/h3-5,7-8H,6H2,1-2H3. The van der Waals surface area contributed by atoms with Gasteiger partial charge in [-0.2, -0.15) is 13.2 Å². The van der Waals surface area contributed by atoms with Crippen LogP contribution in [0, 0.1) is 5.92 Å². The van der Waals surface area contributed by atoms with Crippen molar-refractivity contribution in [3.8, 4) is 0 Å². The lowest BCUT2D eigenvalue weighted by Gasteiger charge is -2.10. The van der Waals surface area contributed by atoms with Crippen LogP contribution in [0.15, 0.2) is 23.8 Å². The van der Waals surface area contributed by atoms with Gasteiger partial charge in [-0.1, -0.05) is 37.6 Å². The Balaban J connectivity index is 2.50. The Bertz CT molecular complexity index is 439. The minimum atomic E-state index is -4.26. The zero-order valence-electron chi connectivity index (χ0n) is 9.23. The molecular weight excluding hydrogens is 213 g/mol. The number of benzene rings is 1. The first-order chi connectivity index (χ1) is 7.39. The van der Waals surface area contributed by atoms with E-state index in [1.54, 1.807) is 12.1 Å². The highest BCUT2D eigenvalue weighted by Crippen LogP contribution is 2.39. The first-order valence-corrected chi connectivity index (χ1v) is 5.29. The van der Waals surface area contributed by atoms with E-state index in [2.05, 4.69) is 0 Å². The van der Waals surface area contributed by atoms with E-state index in [-0.39, 0.29) is 0 Å². The molecule has 0 atom stereocenters. The number of fused-ring (bicyclic) bond motifs is 1. The first kappa shape index (κ1) is 11.2. The van der Waals surface area contributed by atoms with Crippen molar-refractivity contribution in [3.05, 3.63) is 40.5 Å². The normalized spacial score (nSPS) is 15.2. The van der Waals surface area contributed by atoms with Gasteiger partial charge in [0.05, 0.1) is 5.56 Å². The summed E-state index contributed by atoms with van der Waals surface area (Å²) in [5.41, 5.74) is 1.71. The molecule has 2 rings (SSSR count). The lowest BCUT2D eigenvalue weighted by atomic mass is 10.0. The second kappa shape index (κ2) is 3.65. The van der Waals surface area contributed by atoms with Crippen molar-refractivity contribution < 1.29 is 13.2 Å². The van der Waals surface area contributed by atoms with Gasteiger partial charge in [0.25, 0.3) is 0 Å². The van der Waals surface area contributed by atoms with Gasteiger partial charge in [0.2, 0.25) is 0 Å². The Morgan fingerprint density at radius 1 is 1.19 bits per heavy atom. The maximum atomic E-state index is 12.7. The van der Waals surface area contributed by atoms with E-state index in [4.69, 9.17) is 0 Å². The fourth-order valence-electron chi connectivity index (χ4n) is 2.01. The van der Waals surface area contributed by atoms with Crippen molar-refractivity contribution in [2.24, 2.45) is 5.92 Å². The quantitative estimate of drug-likeness (QED) is 0.669. The minimum Gasteiger partial charge on any atom is -0.166 e. The van der Waals surface area contributed by atoms with Crippen molar-refractivity contribution >= 4 is 6.08 Å². The Hall–Kier alpha value is -1.25. The molecule has 1 aliphatic carbocycles. The maximum absolute atomic E-state index is 12.7. The summed E-state index contributed by atoms with van der Waals surface area (Å²) in [7, 11) is 0. The van der Waals surface area contributed by atoms with Crippen LogP contribution in [0.1, 0.15) is 30.5 Å². The summed E-state index contributed by atoms with van der Waals surface area (Å²) in [6, 6.07) is 4.41. The number of hydrogen-bond donors (Lipinski definition) is 0. The fourth-order valence-corrected chi connectivity index (χ4v) is 2.01. The number of hydrogen-bond acceptors (Lipinski definition) is 0. The molecule has 0 N–H and O–H groups in total. The van der Waals surface area contributed by atoms with E-state index in [1.807, 2.05) is 13.8 Å². The minimum absolute atomic E-state index is 0.300. The predicted molar refractivity (Wildman–Crippen MR) is 58.0 cm³/mol. The number of alkyl halides is 3. The Morgan fingerprint density at radius 3 is 2.44 bits per heavy atom. The SMILES string of the molecule is CC(C)C1=Cc2c(cccc2C(F)(F)F)C1. The summed E-state index contributed by atoms with van der Waals surface area (Å²) in [5, 5.41) is 0. The van der Waals surface area contributed by atoms with Crippen LogP contribution in [0.25, 0.3) is 6.08 Å². The average Bonchev–Trinajstić information content (AvgIpc) is 2.58. The zero-order chi connectivity index (χ0) is 11.9. The smallest absolute Gasteiger partial charge is 0.166 e. The van der Waals surface area contributed by atoms with E-state index in [0.29, 0.717) is 17.9 Å². The van der Waals surface area contributed by atoms with Gasteiger partial charge in [-0.3, -0.25) is 0 Å². The summed E-state index contributed by atoms with van der Waals surface area (Å²) < 4.78 is 38.2. The van der Waals surface area contributed by atoms with Gasteiger partial charge in [-0.25, -0.2) is 0 Å². The maximum Gasteiger partial charge on any atom is 0.416 e. The highest BCUT2D eigenvalue weighted by Gasteiger charge is 2.34. The van der Waals surface area contributed by atoms with Gasteiger partial charge in [0, 0.05) is 0 Å². The molecular formula is C13H13F3.